The molecule has 0 aliphatic rings. The molecule has 0 aliphatic carbocycles. The monoisotopic (exact) mass is 332 g/mol. The van der Waals surface area contributed by atoms with Crippen molar-refractivity contribution in [3.05, 3.63) is 11.8 Å². The molecule has 6 heteroatoms. The van der Waals surface area contributed by atoms with Crippen molar-refractivity contribution in [2.24, 2.45) is 0 Å². The van der Waals surface area contributed by atoms with Crippen LogP contribution in [0.5, 0.6) is 0 Å². The number of ether oxygens (including phenoxy) is 1. The summed E-state index contributed by atoms with van der Waals surface area (Å²) in [6, 6.07) is 0. The summed E-state index contributed by atoms with van der Waals surface area (Å²) in [5.74, 6) is 1.77. The molecule has 5 nitrogen and oxygen atoms in total. The lowest BCUT2D eigenvalue weighted by Crippen LogP contribution is -2.21. The Morgan fingerprint density at radius 1 is 1.23 bits per heavy atom. The van der Waals surface area contributed by atoms with Gasteiger partial charge in [-0.1, -0.05) is 26.7 Å². The standard InChI is InChI=1S/C10H17ClN2O.C6H12O2/c1-3-5-8(6-4-2)10-13-12-9(7-11)14-10;1-5(7)8-6(2,3)4/h8H,3-7H2,1-2H3;1-4H3. The summed E-state index contributed by atoms with van der Waals surface area (Å²) in [7, 11) is 0. The van der Waals surface area contributed by atoms with Gasteiger partial charge in [-0.25, -0.2) is 0 Å². The molecule has 128 valence electrons. The SMILES string of the molecule is CC(=O)OC(C)(C)C.CCCC(CCC)c1nnc(CCl)o1. The predicted octanol–water partition coefficient (Wildman–Crippen LogP) is 4.84. The van der Waals surface area contributed by atoms with Gasteiger partial charge in [0.25, 0.3) is 0 Å². The molecule has 22 heavy (non-hydrogen) atoms. The molecular formula is C16H29ClN2O3. The summed E-state index contributed by atoms with van der Waals surface area (Å²) in [5.41, 5.74) is -0.328. The van der Waals surface area contributed by atoms with Gasteiger partial charge in [-0.05, 0) is 33.6 Å². The highest BCUT2D eigenvalue weighted by Gasteiger charge is 2.16. The maximum absolute atomic E-state index is 10.2. The van der Waals surface area contributed by atoms with Crippen LogP contribution in [0.2, 0.25) is 0 Å². The minimum atomic E-state index is -0.328. The zero-order valence-corrected chi connectivity index (χ0v) is 15.4. The van der Waals surface area contributed by atoms with Crippen LogP contribution in [0.3, 0.4) is 0 Å². The summed E-state index contributed by atoms with van der Waals surface area (Å²) in [6.45, 7) is 11.3. The Morgan fingerprint density at radius 2 is 1.77 bits per heavy atom. The number of esters is 1. The smallest absolute Gasteiger partial charge is 0.303 e. The molecule has 0 amide bonds. The number of alkyl halides is 1. The van der Waals surface area contributed by atoms with Crippen molar-refractivity contribution in [1.82, 2.24) is 10.2 Å². The van der Waals surface area contributed by atoms with Crippen molar-refractivity contribution in [2.45, 2.75) is 84.6 Å². The second-order valence-electron chi connectivity index (χ2n) is 6.15. The Kier molecular flexibility index (Phi) is 10.1. The van der Waals surface area contributed by atoms with Gasteiger partial charge in [0.2, 0.25) is 11.8 Å². The molecule has 0 spiro atoms. The first-order valence-corrected chi connectivity index (χ1v) is 8.34. The molecule has 1 aromatic heterocycles. The Hall–Kier alpha value is -1.10. The van der Waals surface area contributed by atoms with E-state index >= 15 is 0 Å². The minimum absolute atomic E-state index is 0.225. The summed E-state index contributed by atoms with van der Waals surface area (Å²) >= 11 is 5.60. The maximum Gasteiger partial charge on any atom is 0.303 e. The van der Waals surface area contributed by atoms with Gasteiger partial charge in [0.05, 0.1) is 0 Å². The van der Waals surface area contributed by atoms with Gasteiger partial charge in [-0.15, -0.1) is 21.8 Å². The average molecular weight is 333 g/mol. The Balaban J connectivity index is 0.000000472. The van der Waals surface area contributed by atoms with E-state index in [0.717, 1.165) is 31.6 Å². The molecule has 1 heterocycles. The lowest BCUT2D eigenvalue weighted by molar-refractivity contribution is -0.151. The van der Waals surface area contributed by atoms with Crippen LogP contribution in [0, 0.1) is 0 Å². The zero-order valence-electron chi connectivity index (χ0n) is 14.6. The number of aromatic nitrogens is 2. The van der Waals surface area contributed by atoms with Crippen LogP contribution in [-0.2, 0) is 15.4 Å². The van der Waals surface area contributed by atoms with Gasteiger partial charge in [0.15, 0.2) is 0 Å². The second-order valence-corrected chi connectivity index (χ2v) is 6.42. The first kappa shape index (κ1) is 20.9. The first-order valence-electron chi connectivity index (χ1n) is 7.81. The number of halogens is 1. The zero-order chi connectivity index (χ0) is 17.2. The summed E-state index contributed by atoms with van der Waals surface area (Å²) < 4.78 is 10.2. The van der Waals surface area contributed by atoms with Crippen molar-refractivity contribution < 1.29 is 13.9 Å². The lowest BCUT2D eigenvalue weighted by Gasteiger charge is -2.17. The fraction of sp³-hybridized carbons (Fsp3) is 0.812. The van der Waals surface area contributed by atoms with Crippen LogP contribution in [0.4, 0.5) is 0 Å². The van der Waals surface area contributed by atoms with Crippen molar-refractivity contribution in [3.8, 4) is 0 Å². The number of hydrogen-bond acceptors (Lipinski definition) is 5. The molecule has 1 aromatic rings. The van der Waals surface area contributed by atoms with Gasteiger partial charge >= 0.3 is 5.97 Å². The molecule has 0 atom stereocenters. The largest absolute Gasteiger partial charge is 0.460 e. The fourth-order valence-electron chi connectivity index (χ4n) is 2.00. The van der Waals surface area contributed by atoms with E-state index in [1.165, 1.54) is 6.92 Å². The van der Waals surface area contributed by atoms with Gasteiger partial charge in [0, 0.05) is 12.8 Å². The van der Waals surface area contributed by atoms with Gasteiger partial charge in [-0.3, -0.25) is 4.79 Å². The molecule has 0 radical (unpaired) electrons. The Bertz CT molecular complexity index is 421. The van der Waals surface area contributed by atoms with Crippen LogP contribution < -0.4 is 0 Å². The molecule has 0 aromatic carbocycles. The number of carbonyl (C=O) groups excluding carboxylic acids is 1. The van der Waals surface area contributed by atoms with E-state index in [4.69, 9.17) is 20.8 Å². The fourth-order valence-corrected chi connectivity index (χ4v) is 2.11. The molecule has 0 aliphatic heterocycles. The van der Waals surface area contributed by atoms with Crippen molar-refractivity contribution >= 4 is 17.6 Å². The highest BCUT2D eigenvalue weighted by molar-refractivity contribution is 6.16. The van der Waals surface area contributed by atoms with Crippen LogP contribution >= 0.6 is 11.6 Å². The quantitative estimate of drug-likeness (QED) is 0.550. The second kappa shape index (κ2) is 10.6. The normalized spacial score (nSPS) is 11.1. The van der Waals surface area contributed by atoms with Crippen LogP contribution in [0.1, 0.15) is 84.9 Å². The molecule has 0 fully saturated rings. The summed E-state index contributed by atoms with van der Waals surface area (Å²) in [6.07, 6.45) is 4.50. The Morgan fingerprint density at radius 3 is 2.05 bits per heavy atom. The van der Waals surface area contributed by atoms with Gasteiger partial charge < -0.3 is 9.15 Å². The van der Waals surface area contributed by atoms with E-state index in [1.54, 1.807) is 0 Å². The molecule has 0 unspecified atom stereocenters. The van der Waals surface area contributed by atoms with Crippen LogP contribution in [0.15, 0.2) is 4.42 Å². The molecular weight excluding hydrogens is 304 g/mol. The number of carbonyl (C=O) groups is 1. The summed E-state index contributed by atoms with van der Waals surface area (Å²) in [4.78, 5) is 10.2. The topological polar surface area (TPSA) is 65.2 Å². The van der Waals surface area contributed by atoms with E-state index in [2.05, 4.69) is 24.0 Å². The number of rotatable bonds is 6. The third-order valence-electron chi connectivity index (χ3n) is 2.67. The Labute approximate surface area is 138 Å². The number of hydrogen-bond donors (Lipinski definition) is 0. The van der Waals surface area contributed by atoms with E-state index < -0.39 is 0 Å². The number of nitrogens with zero attached hydrogens (tertiary/aromatic N) is 2. The molecule has 1 rings (SSSR count). The third kappa shape index (κ3) is 9.77. The lowest BCUT2D eigenvalue weighted by atomic mass is 9.98. The van der Waals surface area contributed by atoms with E-state index in [0.29, 0.717) is 17.7 Å². The average Bonchev–Trinajstić information content (AvgIpc) is 2.85. The van der Waals surface area contributed by atoms with E-state index in [-0.39, 0.29) is 11.6 Å². The van der Waals surface area contributed by atoms with E-state index in [1.807, 2.05) is 20.8 Å². The van der Waals surface area contributed by atoms with Gasteiger partial charge in [-0.2, -0.15) is 0 Å². The predicted molar refractivity (Wildman–Crippen MR) is 87.9 cm³/mol. The minimum Gasteiger partial charge on any atom is -0.460 e. The third-order valence-corrected chi connectivity index (χ3v) is 2.90. The van der Waals surface area contributed by atoms with Gasteiger partial charge in [0.1, 0.15) is 11.5 Å². The highest BCUT2D eigenvalue weighted by Crippen LogP contribution is 2.25. The van der Waals surface area contributed by atoms with Crippen LogP contribution in [-0.4, -0.2) is 21.8 Å². The van der Waals surface area contributed by atoms with Crippen molar-refractivity contribution in [2.75, 3.05) is 0 Å². The van der Waals surface area contributed by atoms with Crippen molar-refractivity contribution in [1.29, 1.82) is 0 Å². The molecule has 0 bridgehead atoms. The molecule has 0 saturated heterocycles. The molecule has 0 saturated carbocycles. The molecule has 0 N–H and O–H groups in total. The summed E-state index contributed by atoms with van der Waals surface area (Å²) in [5, 5.41) is 7.89. The van der Waals surface area contributed by atoms with Crippen LogP contribution in [0.25, 0.3) is 0 Å². The highest BCUT2D eigenvalue weighted by atomic mass is 35.5. The maximum atomic E-state index is 10.2. The first-order chi connectivity index (χ1) is 10.2. The van der Waals surface area contributed by atoms with E-state index in [9.17, 15) is 4.79 Å². The van der Waals surface area contributed by atoms with Crippen molar-refractivity contribution in [3.63, 3.8) is 0 Å².